The number of rotatable bonds is 6. The van der Waals surface area contributed by atoms with Crippen LogP contribution in [0.1, 0.15) is 29.8 Å². The Morgan fingerprint density at radius 3 is 2.23 bits per heavy atom. The van der Waals surface area contributed by atoms with Crippen LogP contribution in [-0.2, 0) is 11.2 Å². The highest BCUT2D eigenvalue weighted by atomic mass is 35.5. The second-order valence-electron chi connectivity index (χ2n) is 5.64. The number of nitrogens with zero attached hydrogens (tertiary/aromatic N) is 1. The van der Waals surface area contributed by atoms with Crippen molar-refractivity contribution in [1.29, 1.82) is 0 Å². The van der Waals surface area contributed by atoms with Crippen LogP contribution in [0, 0.1) is 0 Å². The predicted molar refractivity (Wildman–Crippen MR) is 109 cm³/mol. The van der Waals surface area contributed by atoms with Crippen LogP contribution in [0.3, 0.4) is 0 Å². The zero-order valence-electron chi connectivity index (χ0n) is 14.8. The van der Waals surface area contributed by atoms with Gasteiger partial charge in [0.2, 0.25) is 5.91 Å². The summed E-state index contributed by atoms with van der Waals surface area (Å²) in [5.74, 6) is -0.279. The summed E-state index contributed by atoms with van der Waals surface area (Å²) < 4.78 is 0. The van der Waals surface area contributed by atoms with Crippen LogP contribution in [0.5, 0.6) is 0 Å². The SMILES string of the molecule is CCN(CC)C(=O)c1ccc(NC(=O)Cc2ccc(N)cc2)cc1Cl.Cl. The number of hydrogen-bond donors (Lipinski definition) is 2. The smallest absolute Gasteiger partial charge is 0.255 e. The summed E-state index contributed by atoms with van der Waals surface area (Å²) in [6, 6.07) is 12.1. The van der Waals surface area contributed by atoms with E-state index in [0.29, 0.717) is 35.1 Å². The average Bonchev–Trinajstić information content (AvgIpc) is 2.58. The van der Waals surface area contributed by atoms with Crippen molar-refractivity contribution in [3.63, 3.8) is 0 Å². The van der Waals surface area contributed by atoms with Crippen molar-refractivity contribution in [2.24, 2.45) is 0 Å². The van der Waals surface area contributed by atoms with Gasteiger partial charge in [-0.25, -0.2) is 0 Å². The Balaban J connectivity index is 0.00000338. The fourth-order valence-corrected chi connectivity index (χ4v) is 2.73. The average molecular weight is 396 g/mol. The van der Waals surface area contributed by atoms with Crippen LogP contribution in [-0.4, -0.2) is 29.8 Å². The molecule has 140 valence electrons. The van der Waals surface area contributed by atoms with E-state index in [1.165, 1.54) is 0 Å². The summed E-state index contributed by atoms with van der Waals surface area (Å²) in [7, 11) is 0. The monoisotopic (exact) mass is 395 g/mol. The van der Waals surface area contributed by atoms with Crippen LogP contribution in [0.2, 0.25) is 5.02 Å². The third-order valence-electron chi connectivity index (χ3n) is 3.88. The normalized spacial score (nSPS) is 9.96. The Morgan fingerprint density at radius 1 is 1.08 bits per heavy atom. The van der Waals surface area contributed by atoms with E-state index in [2.05, 4.69) is 5.32 Å². The molecule has 26 heavy (non-hydrogen) atoms. The molecule has 0 heterocycles. The van der Waals surface area contributed by atoms with Crippen LogP contribution in [0.15, 0.2) is 42.5 Å². The molecule has 0 bridgehead atoms. The molecule has 2 aromatic rings. The Labute approximate surface area is 164 Å². The van der Waals surface area contributed by atoms with Gasteiger partial charge in [-0.05, 0) is 49.7 Å². The number of halogens is 2. The number of nitrogen functional groups attached to an aromatic ring is 1. The number of carbonyl (C=O) groups is 2. The third-order valence-corrected chi connectivity index (χ3v) is 4.19. The first kappa shape index (κ1) is 21.8. The number of hydrogen-bond acceptors (Lipinski definition) is 3. The topological polar surface area (TPSA) is 75.4 Å². The fourth-order valence-electron chi connectivity index (χ4n) is 2.47. The molecule has 5 nitrogen and oxygen atoms in total. The number of amides is 2. The van der Waals surface area contributed by atoms with Crippen molar-refractivity contribution in [3.8, 4) is 0 Å². The molecule has 0 unspecified atom stereocenters. The number of benzene rings is 2. The van der Waals surface area contributed by atoms with Gasteiger partial charge in [-0.15, -0.1) is 12.4 Å². The second kappa shape index (κ2) is 10.0. The van der Waals surface area contributed by atoms with Crippen molar-refractivity contribution in [3.05, 3.63) is 58.6 Å². The number of carbonyl (C=O) groups excluding carboxylic acids is 2. The van der Waals surface area contributed by atoms with Crippen LogP contribution in [0.4, 0.5) is 11.4 Å². The summed E-state index contributed by atoms with van der Waals surface area (Å²) >= 11 is 6.23. The zero-order chi connectivity index (χ0) is 18.4. The summed E-state index contributed by atoms with van der Waals surface area (Å²) in [4.78, 5) is 26.2. The second-order valence-corrected chi connectivity index (χ2v) is 6.05. The van der Waals surface area contributed by atoms with Gasteiger partial charge in [0.25, 0.3) is 5.91 Å². The minimum atomic E-state index is -0.163. The maximum absolute atomic E-state index is 12.4. The van der Waals surface area contributed by atoms with Gasteiger partial charge in [0.15, 0.2) is 0 Å². The molecule has 0 radical (unpaired) electrons. The number of anilines is 2. The van der Waals surface area contributed by atoms with E-state index in [1.54, 1.807) is 35.2 Å². The lowest BCUT2D eigenvalue weighted by molar-refractivity contribution is -0.115. The van der Waals surface area contributed by atoms with E-state index in [1.807, 2.05) is 26.0 Å². The first-order valence-electron chi connectivity index (χ1n) is 8.17. The van der Waals surface area contributed by atoms with E-state index in [4.69, 9.17) is 17.3 Å². The lowest BCUT2D eigenvalue weighted by Gasteiger charge is -2.19. The van der Waals surface area contributed by atoms with Crippen LogP contribution >= 0.6 is 24.0 Å². The summed E-state index contributed by atoms with van der Waals surface area (Å²) in [6.07, 6.45) is 0.234. The molecule has 0 aliphatic heterocycles. The number of nitrogens with one attached hydrogen (secondary N) is 1. The molecule has 0 aliphatic rings. The van der Waals surface area contributed by atoms with Gasteiger partial charge in [0.05, 0.1) is 17.0 Å². The molecule has 0 saturated heterocycles. The molecule has 0 saturated carbocycles. The van der Waals surface area contributed by atoms with Crippen LogP contribution < -0.4 is 11.1 Å². The van der Waals surface area contributed by atoms with Crippen molar-refractivity contribution < 1.29 is 9.59 Å². The standard InChI is InChI=1S/C19H22ClN3O2.ClH/c1-3-23(4-2)19(25)16-10-9-15(12-17(16)20)22-18(24)11-13-5-7-14(21)8-6-13;/h5-10,12H,3-4,11,21H2,1-2H3,(H,22,24);1H. The molecular weight excluding hydrogens is 373 g/mol. The molecule has 0 fully saturated rings. The third kappa shape index (κ3) is 5.64. The molecule has 0 spiro atoms. The maximum atomic E-state index is 12.4. The van der Waals surface area contributed by atoms with Gasteiger partial charge in [-0.1, -0.05) is 23.7 Å². The van der Waals surface area contributed by atoms with Gasteiger partial charge < -0.3 is 16.0 Å². The van der Waals surface area contributed by atoms with E-state index >= 15 is 0 Å². The molecule has 3 N–H and O–H groups in total. The molecular formula is C19H23Cl2N3O2. The first-order chi connectivity index (χ1) is 11.9. The Morgan fingerprint density at radius 2 is 1.69 bits per heavy atom. The van der Waals surface area contributed by atoms with Gasteiger partial charge >= 0.3 is 0 Å². The highest BCUT2D eigenvalue weighted by molar-refractivity contribution is 6.34. The highest BCUT2D eigenvalue weighted by Crippen LogP contribution is 2.22. The van der Waals surface area contributed by atoms with E-state index in [9.17, 15) is 9.59 Å². The molecule has 2 amide bonds. The van der Waals surface area contributed by atoms with E-state index in [-0.39, 0.29) is 30.6 Å². The fraction of sp³-hybridized carbons (Fsp3) is 0.263. The lowest BCUT2D eigenvalue weighted by atomic mass is 10.1. The van der Waals surface area contributed by atoms with E-state index < -0.39 is 0 Å². The largest absolute Gasteiger partial charge is 0.399 e. The van der Waals surface area contributed by atoms with Crippen LogP contribution in [0.25, 0.3) is 0 Å². The van der Waals surface area contributed by atoms with Gasteiger partial charge in [-0.2, -0.15) is 0 Å². The lowest BCUT2D eigenvalue weighted by Crippen LogP contribution is -2.30. The Bertz CT molecular complexity index is 760. The van der Waals surface area contributed by atoms with Gasteiger partial charge in [0.1, 0.15) is 0 Å². The molecule has 0 atom stereocenters. The molecule has 2 aromatic carbocycles. The summed E-state index contributed by atoms with van der Waals surface area (Å²) in [5, 5.41) is 3.11. The minimum absolute atomic E-state index is 0. The molecule has 7 heteroatoms. The van der Waals surface area contributed by atoms with Gasteiger partial charge in [-0.3, -0.25) is 9.59 Å². The summed E-state index contributed by atoms with van der Waals surface area (Å²) in [6.45, 7) is 5.07. The van der Waals surface area contributed by atoms with E-state index in [0.717, 1.165) is 5.56 Å². The zero-order valence-corrected chi connectivity index (χ0v) is 16.4. The Kier molecular flexibility index (Phi) is 8.42. The Hall–Kier alpha value is -2.24. The minimum Gasteiger partial charge on any atom is -0.399 e. The molecule has 0 aliphatic carbocycles. The van der Waals surface area contributed by atoms with Gasteiger partial charge in [0, 0.05) is 24.5 Å². The number of nitrogens with two attached hydrogens (primary N) is 1. The molecule has 0 aromatic heterocycles. The summed E-state index contributed by atoms with van der Waals surface area (Å²) in [5.41, 5.74) is 8.14. The van der Waals surface area contributed by atoms with Crippen molar-refractivity contribution >= 4 is 47.2 Å². The highest BCUT2D eigenvalue weighted by Gasteiger charge is 2.16. The predicted octanol–water partition coefficient (Wildman–Crippen LogP) is 4.01. The maximum Gasteiger partial charge on any atom is 0.255 e. The van der Waals surface area contributed by atoms with Crippen molar-refractivity contribution in [1.82, 2.24) is 4.90 Å². The first-order valence-corrected chi connectivity index (χ1v) is 8.55. The van der Waals surface area contributed by atoms with Crippen molar-refractivity contribution in [2.45, 2.75) is 20.3 Å². The quantitative estimate of drug-likeness (QED) is 0.725. The molecule has 2 rings (SSSR count). The van der Waals surface area contributed by atoms with Crippen molar-refractivity contribution in [2.75, 3.05) is 24.1 Å².